The Morgan fingerprint density at radius 3 is 1.00 bits per heavy atom. The van der Waals surface area contributed by atoms with Crippen molar-refractivity contribution in [1.29, 1.82) is 0 Å². The van der Waals surface area contributed by atoms with Crippen molar-refractivity contribution in [3.63, 3.8) is 0 Å². The molecule has 0 atom stereocenters. The first-order valence-electron chi connectivity index (χ1n) is 1.73. The van der Waals surface area contributed by atoms with Gasteiger partial charge in [0.05, 0.1) is 0 Å². The van der Waals surface area contributed by atoms with Crippen molar-refractivity contribution in [2.24, 2.45) is 0 Å². The van der Waals surface area contributed by atoms with E-state index in [0.717, 1.165) is 0 Å². The molecule has 0 fully saturated rings. The molecule has 0 heterocycles. The summed E-state index contributed by atoms with van der Waals surface area (Å²) in [5.41, 5.74) is 0. The summed E-state index contributed by atoms with van der Waals surface area (Å²) in [6.07, 6.45) is 0. The van der Waals surface area contributed by atoms with Crippen LogP contribution in [0.15, 0.2) is 0 Å². The van der Waals surface area contributed by atoms with Crippen molar-refractivity contribution in [3.05, 3.63) is 0 Å². The Hall–Kier alpha value is 0.870. The second-order valence-corrected chi connectivity index (χ2v) is 11.6. The van der Waals surface area contributed by atoms with Crippen LogP contribution in [-0.4, -0.2) is 21.4 Å². The van der Waals surface area contributed by atoms with Crippen LogP contribution >= 0.6 is 0 Å². The molecule has 0 aliphatic heterocycles. The van der Waals surface area contributed by atoms with E-state index in [9.17, 15) is 0 Å². The van der Waals surface area contributed by atoms with Gasteiger partial charge in [-0.1, -0.05) is 0 Å². The Balaban J connectivity index is 2.32. The van der Waals surface area contributed by atoms with E-state index < -0.39 is 21.4 Å². The van der Waals surface area contributed by atoms with Gasteiger partial charge in [-0.15, -0.1) is 0 Å². The molecule has 0 unspecified atom stereocenters. The van der Waals surface area contributed by atoms with Gasteiger partial charge in [-0.05, 0) is 0 Å². The zero-order chi connectivity index (χ0) is 3.58. The molecule has 0 aromatic rings. The standard InChI is InChI=1S/3CH3.In/h3*1H3;. The molecule has 0 saturated heterocycles. The Bertz CT molecular complexity index is 8.00. The van der Waals surface area contributed by atoms with Gasteiger partial charge in [0, 0.05) is 0 Å². The van der Waals surface area contributed by atoms with Crippen LogP contribution in [0.1, 0.15) is 0 Å². The minimum absolute atomic E-state index is 0.637. The first kappa shape index (κ1) is 4.87. The van der Waals surface area contributed by atoms with E-state index in [0.29, 0.717) is 0 Å². The first-order valence-corrected chi connectivity index (χ1v) is 11.6. The van der Waals surface area contributed by atoms with Crippen LogP contribution in [-0.2, 0) is 0 Å². The van der Waals surface area contributed by atoms with Gasteiger partial charge in [0.25, 0.3) is 0 Å². The van der Waals surface area contributed by atoms with E-state index in [4.69, 9.17) is 0 Å². The third-order valence-electron chi connectivity index (χ3n) is 0. The van der Waals surface area contributed by atoms with Crippen LogP contribution in [0.2, 0.25) is 14.0 Å². The summed E-state index contributed by atoms with van der Waals surface area (Å²) in [6.45, 7) is 0. The second-order valence-electron chi connectivity index (χ2n) is 1.73. The predicted octanol–water partition coefficient (Wildman–Crippen LogP) is 1.37. The molecule has 0 nitrogen and oxygen atoms in total. The molecular weight excluding hydrogens is 151 g/mol. The van der Waals surface area contributed by atoms with Crippen molar-refractivity contribution in [2.75, 3.05) is 0 Å². The third-order valence-corrected chi connectivity index (χ3v) is 0. The molecule has 0 saturated carbocycles. The van der Waals surface area contributed by atoms with Crippen molar-refractivity contribution in [3.8, 4) is 0 Å². The van der Waals surface area contributed by atoms with Gasteiger partial charge in [0.15, 0.2) is 0 Å². The van der Waals surface area contributed by atoms with Gasteiger partial charge in [-0.25, -0.2) is 0 Å². The zero-order valence-corrected chi connectivity index (χ0v) is 6.87. The zero-order valence-electron chi connectivity index (χ0n) is 3.58. The SMILES string of the molecule is [CH3][In]([CH3])[CH3]. The third kappa shape index (κ3) is 13.3. The van der Waals surface area contributed by atoms with E-state index in [2.05, 4.69) is 14.0 Å². The average molecular weight is 160 g/mol. The maximum atomic E-state index is 2.38. The van der Waals surface area contributed by atoms with E-state index in [1.165, 1.54) is 0 Å². The van der Waals surface area contributed by atoms with Crippen LogP contribution in [0.3, 0.4) is 0 Å². The van der Waals surface area contributed by atoms with Crippen LogP contribution in [0.5, 0.6) is 0 Å². The number of rotatable bonds is 0. The topological polar surface area (TPSA) is 0 Å². The summed E-state index contributed by atoms with van der Waals surface area (Å²) in [6, 6.07) is 0. The Kier molecular flexibility index (Phi) is 2.59. The number of hydrogen-bond donors (Lipinski definition) is 0. The Labute approximate surface area is 35.7 Å². The molecule has 24 valence electrons. The van der Waals surface area contributed by atoms with Crippen LogP contribution in [0.4, 0.5) is 0 Å². The molecule has 0 aromatic carbocycles. The normalized spacial score (nSPS) is 6.75. The van der Waals surface area contributed by atoms with Gasteiger partial charge < -0.3 is 0 Å². The minimum atomic E-state index is -0.637. The molecule has 0 bridgehead atoms. The van der Waals surface area contributed by atoms with Crippen molar-refractivity contribution in [1.82, 2.24) is 0 Å². The quantitative estimate of drug-likeness (QED) is 0.501. The summed E-state index contributed by atoms with van der Waals surface area (Å²) in [7, 11) is 0. The van der Waals surface area contributed by atoms with Crippen molar-refractivity contribution in [2.45, 2.75) is 14.0 Å². The van der Waals surface area contributed by atoms with Crippen molar-refractivity contribution >= 4 is 21.4 Å². The summed E-state index contributed by atoms with van der Waals surface area (Å²) in [4.78, 5) is 0. The van der Waals surface area contributed by atoms with Gasteiger partial charge >= 0.3 is 35.5 Å². The monoisotopic (exact) mass is 160 g/mol. The molecule has 0 aliphatic carbocycles. The Morgan fingerprint density at radius 2 is 1.00 bits per heavy atom. The fourth-order valence-corrected chi connectivity index (χ4v) is 0. The average Bonchev–Trinajstić information content (AvgIpc) is 0.811. The van der Waals surface area contributed by atoms with E-state index in [1.807, 2.05) is 0 Å². The molecule has 0 aliphatic rings. The van der Waals surface area contributed by atoms with E-state index >= 15 is 0 Å². The van der Waals surface area contributed by atoms with Gasteiger partial charge in [0.1, 0.15) is 0 Å². The van der Waals surface area contributed by atoms with Gasteiger partial charge in [0.2, 0.25) is 0 Å². The van der Waals surface area contributed by atoms with Gasteiger partial charge in [-0.3, -0.25) is 0 Å². The molecule has 1 heteroatoms. The van der Waals surface area contributed by atoms with E-state index in [1.54, 1.807) is 0 Å². The maximum absolute atomic E-state index is 2.38. The van der Waals surface area contributed by atoms with Crippen LogP contribution < -0.4 is 0 Å². The molecule has 0 radical (unpaired) electrons. The fourth-order valence-electron chi connectivity index (χ4n) is 0. The summed E-state index contributed by atoms with van der Waals surface area (Å²) in [5, 5.41) is 0. The summed E-state index contributed by atoms with van der Waals surface area (Å²) >= 11 is -0.637. The first-order chi connectivity index (χ1) is 1.73. The van der Waals surface area contributed by atoms with Crippen molar-refractivity contribution < 1.29 is 0 Å². The molecule has 0 rings (SSSR count). The van der Waals surface area contributed by atoms with Crippen LogP contribution in [0, 0.1) is 0 Å². The summed E-state index contributed by atoms with van der Waals surface area (Å²) in [5.74, 6) is 0. The molecule has 0 N–H and O–H groups in total. The van der Waals surface area contributed by atoms with E-state index in [-0.39, 0.29) is 0 Å². The summed E-state index contributed by atoms with van der Waals surface area (Å²) < 4.78 is 7.13. The van der Waals surface area contributed by atoms with Crippen LogP contribution in [0.25, 0.3) is 0 Å². The molecule has 4 heavy (non-hydrogen) atoms. The molecule has 0 spiro atoms. The Morgan fingerprint density at radius 1 is 1.00 bits per heavy atom. The predicted molar refractivity (Wildman–Crippen MR) is 23.3 cm³/mol. The molecule has 0 amide bonds. The molecular formula is C3H9In. The second kappa shape index (κ2) is 2.13. The number of hydrogen-bond acceptors (Lipinski definition) is 0. The van der Waals surface area contributed by atoms with Gasteiger partial charge in [-0.2, -0.15) is 0 Å². The molecule has 0 aromatic heterocycles. The fraction of sp³-hybridized carbons (Fsp3) is 1.00.